The third kappa shape index (κ3) is 4.12. The molecule has 0 spiro atoms. The first-order chi connectivity index (χ1) is 16.3. The zero-order valence-corrected chi connectivity index (χ0v) is 19.1. The molecule has 1 N–H and O–H groups in total. The third-order valence-electron chi connectivity index (χ3n) is 6.69. The van der Waals surface area contributed by atoms with Gasteiger partial charge in [0.2, 0.25) is 0 Å². The van der Waals surface area contributed by atoms with Crippen LogP contribution in [-0.4, -0.2) is 46.9 Å². The predicted octanol–water partition coefficient (Wildman–Crippen LogP) is 3.52. The van der Waals surface area contributed by atoms with Crippen molar-refractivity contribution in [2.45, 2.75) is 45.1 Å². The molecule has 9 heteroatoms. The number of hydrogen-bond acceptors (Lipinski definition) is 5. The minimum atomic E-state index is -1.68. The van der Waals surface area contributed by atoms with Gasteiger partial charge in [-0.15, -0.1) is 0 Å². The van der Waals surface area contributed by atoms with Crippen molar-refractivity contribution in [3.05, 3.63) is 89.9 Å². The lowest BCUT2D eigenvalue weighted by molar-refractivity contribution is -0.0709. The summed E-state index contributed by atoms with van der Waals surface area (Å²) in [6, 6.07) is 11.0. The second-order valence-electron chi connectivity index (χ2n) is 8.89. The molecule has 2 aromatic carbocycles. The fourth-order valence-electron chi connectivity index (χ4n) is 4.61. The molecule has 4 aromatic rings. The number of rotatable bonds is 6. The van der Waals surface area contributed by atoms with Crippen LogP contribution in [0.5, 0.6) is 0 Å². The van der Waals surface area contributed by atoms with Gasteiger partial charge >= 0.3 is 0 Å². The highest BCUT2D eigenvalue weighted by molar-refractivity contribution is 5.59. The van der Waals surface area contributed by atoms with E-state index in [1.165, 1.54) is 29.0 Å². The predicted molar refractivity (Wildman–Crippen MR) is 123 cm³/mol. The van der Waals surface area contributed by atoms with Crippen molar-refractivity contribution in [3.63, 3.8) is 0 Å². The summed E-state index contributed by atoms with van der Waals surface area (Å²) < 4.78 is 32.1. The monoisotopic (exact) mass is 464 g/mol. The minimum Gasteiger partial charge on any atom is -0.381 e. The Kier molecular flexibility index (Phi) is 5.75. The highest BCUT2D eigenvalue weighted by Gasteiger charge is 2.43. The molecule has 0 fully saturated rings. The molecule has 0 saturated carbocycles. The van der Waals surface area contributed by atoms with Crippen LogP contribution >= 0.6 is 0 Å². The van der Waals surface area contributed by atoms with Crippen LogP contribution < -0.4 is 0 Å². The quantitative estimate of drug-likeness (QED) is 0.473. The molecule has 0 radical (unpaired) electrons. The second-order valence-corrected chi connectivity index (χ2v) is 8.89. The number of nitrogens with zero attached hydrogens (tertiary/aromatic N) is 6. The minimum absolute atomic E-state index is 0.0196. The standard InChI is InChI=1S/C25H26F2N6O/c1-17-3-5-19(6-4-17)23-12-32-10-9-31(13-24(32)30-23)18(2)25(34,14-33-16-28-15-29-33)21-8-7-20(26)11-22(21)27/h3-8,11-12,15-16,18,34H,9-10,13-14H2,1-2H3/t18-,25-/m1/s1. The number of aromatic nitrogens is 5. The molecule has 3 heterocycles. The summed E-state index contributed by atoms with van der Waals surface area (Å²) in [7, 11) is 0. The Morgan fingerprint density at radius 1 is 1.12 bits per heavy atom. The Bertz CT molecular complexity index is 1290. The molecular formula is C25H26F2N6O. The lowest BCUT2D eigenvalue weighted by atomic mass is 9.85. The maximum absolute atomic E-state index is 14.9. The summed E-state index contributed by atoms with van der Waals surface area (Å²) in [5.41, 5.74) is 1.47. The van der Waals surface area contributed by atoms with Gasteiger partial charge in [0.05, 0.1) is 18.8 Å². The molecule has 1 aliphatic heterocycles. The van der Waals surface area contributed by atoms with Crippen molar-refractivity contribution < 1.29 is 13.9 Å². The second kappa shape index (κ2) is 8.73. The maximum Gasteiger partial charge on any atom is 0.137 e. The van der Waals surface area contributed by atoms with Gasteiger partial charge in [-0.25, -0.2) is 23.4 Å². The van der Waals surface area contributed by atoms with Crippen LogP contribution in [0, 0.1) is 18.6 Å². The average molecular weight is 465 g/mol. The Balaban J connectivity index is 1.45. The molecule has 176 valence electrons. The van der Waals surface area contributed by atoms with E-state index in [4.69, 9.17) is 4.98 Å². The zero-order chi connectivity index (χ0) is 23.9. The van der Waals surface area contributed by atoms with Crippen LogP contribution in [0.2, 0.25) is 0 Å². The van der Waals surface area contributed by atoms with Crippen LogP contribution in [0.4, 0.5) is 8.78 Å². The fourth-order valence-corrected chi connectivity index (χ4v) is 4.61. The van der Waals surface area contributed by atoms with Gasteiger partial charge in [-0.1, -0.05) is 35.9 Å². The van der Waals surface area contributed by atoms with Gasteiger partial charge in [-0.2, -0.15) is 5.10 Å². The van der Waals surface area contributed by atoms with Gasteiger partial charge in [0, 0.05) is 42.5 Å². The van der Waals surface area contributed by atoms with E-state index >= 15 is 0 Å². The Morgan fingerprint density at radius 2 is 1.91 bits per heavy atom. The number of benzene rings is 2. The summed E-state index contributed by atoms with van der Waals surface area (Å²) in [5, 5.41) is 16.0. The topological polar surface area (TPSA) is 72.0 Å². The maximum atomic E-state index is 14.9. The lowest BCUT2D eigenvalue weighted by Crippen LogP contribution is -2.53. The van der Waals surface area contributed by atoms with Crippen molar-refractivity contribution in [2.75, 3.05) is 6.54 Å². The van der Waals surface area contributed by atoms with Crippen LogP contribution in [0.15, 0.2) is 61.3 Å². The summed E-state index contributed by atoms with van der Waals surface area (Å²) in [6.45, 7) is 5.67. The molecular weight excluding hydrogens is 438 g/mol. The Morgan fingerprint density at radius 3 is 2.62 bits per heavy atom. The van der Waals surface area contributed by atoms with Crippen LogP contribution in [0.3, 0.4) is 0 Å². The van der Waals surface area contributed by atoms with Crippen LogP contribution in [0.1, 0.15) is 23.9 Å². The molecule has 34 heavy (non-hydrogen) atoms. The van der Waals surface area contributed by atoms with Gasteiger partial charge in [0.1, 0.15) is 35.7 Å². The highest BCUT2D eigenvalue weighted by atomic mass is 19.1. The van der Waals surface area contributed by atoms with Crippen molar-refractivity contribution >= 4 is 0 Å². The number of halogens is 2. The molecule has 2 aromatic heterocycles. The molecule has 5 rings (SSSR count). The number of imidazole rings is 1. The molecule has 0 saturated heterocycles. The molecule has 0 unspecified atom stereocenters. The first-order valence-electron chi connectivity index (χ1n) is 11.2. The molecule has 2 atom stereocenters. The summed E-state index contributed by atoms with van der Waals surface area (Å²) in [4.78, 5) is 10.8. The number of fused-ring (bicyclic) bond motifs is 1. The molecule has 1 aliphatic rings. The van der Waals surface area contributed by atoms with Gasteiger partial charge in [0.25, 0.3) is 0 Å². The summed E-state index contributed by atoms with van der Waals surface area (Å²) in [6.07, 6.45) is 4.87. The number of aryl methyl sites for hydroxylation is 1. The van der Waals surface area contributed by atoms with Crippen LogP contribution in [0.25, 0.3) is 11.3 Å². The van der Waals surface area contributed by atoms with E-state index in [0.717, 1.165) is 29.2 Å². The highest BCUT2D eigenvalue weighted by Crippen LogP contribution is 2.34. The first kappa shape index (κ1) is 22.4. The number of aliphatic hydroxyl groups is 1. The van der Waals surface area contributed by atoms with Crippen molar-refractivity contribution in [3.8, 4) is 11.3 Å². The SMILES string of the molecule is Cc1ccc(-c2cn3c(n2)CN([C@H](C)[C@](O)(Cn2cncn2)c2ccc(F)cc2F)CC3)cc1. The smallest absolute Gasteiger partial charge is 0.137 e. The first-order valence-corrected chi connectivity index (χ1v) is 11.2. The largest absolute Gasteiger partial charge is 0.381 e. The van der Waals surface area contributed by atoms with Crippen molar-refractivity contribution in [2.24, 2.45) is 0 Å². The zero-order valence-electron chi connectivity index (χ0n) is 19.1. The van der Waals surface area contributed by atoms with Crippen LogP contribution in [-0.2, 0) is 25.2 Å². The Labute approximate surface area is 196 Å². The lowest BCUT2D eigenvalue weighted by Gasteiger charge is -2.42. The van der Waals surface area contributed by atoms with E-state index in [1.54, 1.807) is 0 Å². The fraction of sp³-hybridized carbons (Fsp3) is 0.320. The van der Waals surface area contributed by atoms with Gasteiger partial charge < -0.3 is 9.67 Å². The van der Waals surface area contributed by atoms with Gasteiger partial charge in [-0.05, 0) is 19.9 Å². The van der Waals surface area contributed by atoms with E-state index in [2.05, 4.69) is 43.8 Å². The summed E-state index contributed by atoms with van der Waals surface area (Å²) >= 11 is 0. The van der Waals surface area contributed by atoms with E-state index in [1.807, 2.05) is 20.0 Å². The summed E-state index contributed by atoms with van der Waals surface area (Å²) in [5.74, 6) is -0.619. The van der Waals surface area contributed by atoms with Crippen molar-refractivity contribution in [1.82, 2.24) is 29.2 Å². The van der Waals surface area contributed by atoms with E-state index in [9.17, 15) is 13.9 Å². The van der Waals surface area contributed by atoms with Gasteiger partial charge in [0.15, 0.2) is 0 Å². The van der Waals surface area contributed by atoms with E-state index in [0.29, 0.717) is 19.6 Å². The average Bonchev–Trinajstić information content (AvgIpc) is 3.48. The molecule has 0 aliphatic carbocycles. The molecule has 0 amide bonds. The molecule has 0 bridgehead atoms. The normalized spacial score (nSPS) is 16.7. The van der Waals surface area contributed by atoms with E-state index in [-0.39, 0.29) is 12.1 Å². The number of hydrogen-bond donors (Lipinski definition) is 1. The molecule has 7 nitrogen and oxygen atoms in total. The van der Waals surface area contributed by atoms with Gasteiger partial charge in [-0.3, -0.25) is 4.90 Å². The third-order valence-corrected chi connectivity index (χ3v) is 6.69. The van der Waals surface area contributed by atoms with E-state index < -0.39 is 23.3 Å². The Hall–Kier alpha value is -3.43. The van der Waals surface area contributed by atoms with Crippen molar-refractivity contribution in [1.29, 1.82) is 0 Å².